The number of aromatic nitrogens is 1. The molecule has 1 aromatic heterocycles. The van der Waals surface area contributed by atoms with Crippen LogP contribution in [0.4, 0.5) is 19.0 Å². The maximum absolute atomic E-state index is 12.5. The highest BCUT2D eigenvalue weighted by Crippen LogP contribution is 2.31. The highest BCUT2D eigenvalue weighted by Gasteiger charge is 2.37. The summed E-state index contributed by atoms with van der Waals surface area (Å²) in [5, 5.41) is 6.82. The van der Waals surface area contributed by atoms with Crippen LogP contribution in [0, 0.1) is 0 Å². The quantitative estimate of drug-likeness (QED) is 0.872. The van der Waals surface area contributed by atoms with Gasteiger partial charge in [0, 0.05) is 23.3 Å². The van der Waals surface area contributed by atoms with E-state index in [9.17, 15) is 13.2 Å². The van der Waals surface area contributed by atoms with Crippen molar-refractivity contribution in [2.24, 2.45) is 0 Å². The van der Waals surface area contributed by atoms with Gasteiger partial charge in [-0.05, 0) is 52.7 Å². The van der Waals surface area contributed by atoms with Gasteiger partial charge in [0.15, 0.2) is 0 Å². The number of nitrogens with zero attached hydrogens (tertiary/aromatic N) is 1. The minimum Gasteiger partial charge on any atom is -0.367 e. The molecule has 3 nitrogen and oxygen atoms in total. The van der Waals surface area contributed by atoms with Crippen molar-refractivity contribution in [3.05, 3.63) is 23.9 Å². The van der Waals surface area contributed by atoms with Crippen molar-refractivity contribution in [3.8, 4) is 0 Å². The van der Waals surface area contributed by atoms with Gasteiger partial charge < -0.3 is 10.6 Å². The Kier molecular flexibility index (Phi) is 3.95. The van der Waals surface area contributed by atoms with Crippen molar-refractivity contribution in [1.82, 2.24) is 10.3 Å². The Morgan fingerprint density at radius 3 is 2.14 bits per heavy atom. The highest BCUT2D eigenvalue weighted by atomic mass is 19.4. The van der Waals surface area contributed by atoms with Gasteiger partial charge in [-0.3, -0.25) is 0 Å². The largest absolute Gasteiger partial charge is 0.417 e. The Balaban J connectivity index is 2.08. The Labute approximate surface area is 123 Å². The molecule has 0 spiro atoms. The number of alkyl halides is 3. The minimum absolute atomic E-state index is 0.0225. The molecule has 118 valence electrons. The van der Waals surface area contributed by atoms with Crippen molar-refractivity contribution in [1.29, 1.82) is 0 Å². The molecule has 0 saturated carbocycles. The van der Waals surface area contributed by atoms with Crippen LogP contribution in [0.1, 0.15) is 46.1 Å². The molecule has 0 bridgehead atoms. The summed E-state index contributed by atoms with van der Waals surface area (Å²) in [5.74, 6) is 0.488. The average Bonchev–Trinajstić information content (AvgIpc) is 2.23. The van der Waals surface area contributed by atoms with Gasteiger partial charge in [-0.1, -0.05) is 0 Å². The van der Waals surface area contributed by atoms with E-state index >= 15 is 0 Å². The van der Waals surface area contributed by atoms with E-state index < -0.39 is 11.7 Å². The Morgan fingerprint density at radius 2 is 1.71 bits per heavy atom. The first kappa shape index (κ1) is 16.1. The van der Waals surface area contributed by atoms with Crippen LogP contribution in [0.3, 0.4) is 0 Å². The first-order valence-electron chi connectivity index (χ1n) is 7.06. The third-order valence-electron chi connectivity index (χ3n) is 3.63. The maximum atomic E-state index is 12.5. The molecule has 1 aliphatic heterocycles. The zero-order valence-corrected chi connectivity index (χ0v) is 12.8. The van der Waals surface area contributed by atoms with Crippen molar-refractivity contribution < 1.29 is 13.2 Å². The lowest BCUT2D eigenvalue weighted by molar-refractivity contribution is -0.137. The van der Waals surface area contributed by atoms with Crippen LogP contribution in [0.2, 0.25) is 0 Å². The summed E-state index contributed by atoms with van der Waals surface area (Å²) in [6.07, 6.45) is -1.69. The molecule has 1 fully saturated rings. The van der Waals surface area contributed by atoms with Gasteiger partial charge in [0.1, 0.15) is 5.82 Å². The van der Waals surface area contributed by atoms with Gasteiger partial charge in [-0.15, -0.1) is 0 Å². The molecule has 0 aromatic carbocycles. The van der Waals surface area contributed by atoms with Gasteiger partial charge in [0.2, 0.25) is 0 Å². The number of nitrogens with one attached hydrogen (secondary N) is 2. The van der Waals surface area contributed by atoms with Gasteiger partial charge in [-0.25, -0.2) is 4.98 Å². The summed E-state index contributed by atoms with van der Waals surface area (Å²) in [6.45, 7) is 8.51. The van der Waals surface area contributed by atoms with Crippen molar-refractivity contribution in [2.75, 3.05) is 5.32 Å². The Bertz CT molecular complexity index is 476. The summed E-state index contributed by atoms with van der Waals surface area (Å²) in [4.78, 5) is 3.88. The molecule has 0 unspecified atom stereocenters. The molecule has 2 N–H and O–H groups in total. The van der Waals surface area contributed by atoms with E-state index in [0.29, 0.717) is 5.82 Å². The fraction of sp³-hybridized carbons (Fsp3) is 0.667. The molecule has 1 aromatic rings. The summed E-state index contributed by atoms with van der Waals surface area (Å²) in [7, 11) is 0. The van der Waals surface area contributed by atoms with Crippen LogP contribution in [0.15, 0.2) is 18.3 Å². The second-order valence-corrected chi connectivity index (χ2v) is 7.07. The van der Waals surface area contributed by atoms with E-state index in [4.69, 9.17) is 0 Å². The zero-order valence-electron chi connectivity index (χ0n) is 12.8. The average molecular weight is 301 g/mol. The van der Waals surface area contributed by atoms with Gasteiger partial charge in [0.05, 0.1) is 5.56 Å². The smallest absolute Gasteiger partial charge is 0.367 e. The summed E-state index contributed by atoms with van der Waals surface area (Å²) >= 11 is 0. The third-order valence-corrected chi connectivity index (χ3v) is 3.63. The lowest BCUT2D eigenvalue weighted by Gasteiger charge is -2.46. The van der Waals surface area contributed by atoms with Crippen LogP contribution in [-0.4, -0.2) is 22.1 Å². The number of hydrogen-bond donors (Lipinski definition) is 2. The maximum Gasteiger partial charge on any atom is 0.417 e. The lowest BCUT2D eigenvalue weighted by Crippen LogP contribution is -2.60. The Morgan fingerprint density at radius 1 is 1.14 bits per heavy atom. The monoisotopic (exact) mass is 301 g/mol. The molecule has 2 heterocycles. The van der Waals surface area contributed by atoms with Crippen molar-refractivity contribution in [3.63, 3.8) is 0 Å². The van der Waals surface area contributed by atoms with E-state index in [1.54, 1.807) is 0 Å². The minimum atomic E-state index is -4.34. The number of piperidine rings is 1. The molecule has 0 aliphatic carbocycles. The predicted molar refractivity (Wildman–Crippen MR) is 77.2 cm³/mol. The van der Waals surface area contributed by atoms with Crippen molar-refractivity contribution in [2.45, 2.75) is 63.8 Å². The molecule has 21 heavy (non-hydrogen) atoms. The number of hydrogen-bond acceptors (Lipinski definition) is 3. The molecular weight excluding hydrogens is 279 g/mol. The summed E-state index contributed by atoms with van der Waals surface area (Å²) < 4.78 is 37.5. The molecule has 2 rings (SSSR count). The van der Waals surface area contributed by atoms with Crippen LogP contribution in [0.5, 0.6) is 0 Å². The topological polar surface area (TPSA) is 37.0 Å². The number of anilines is 1. The fourth-order valence-electron chi connectivity index (χ4n) is 3.28. The summed E-state index contributed by atoms with van der Waals surface area (Å²) in [6, 6.07) is 2.64. The zero-order chi connectivity index (χ0) is 15.9. The molecule has 0 atom stereocenters. The van der Waals surface area contributed by atoms with Crippen molar-refractivity contribution >= 4 is 5.82 Å². The molecule has 1 saturated heterocycles. The molecule has 0 amide bonds. The Hall–Kier alpha value is -1.30. The van der Waals surface area contributed by atoms with Crippen LogP contribution in [0.25, 0.3) is 0 Å². The summed E-state index contributed by atoms with van der Waals surface area (Å²) in [5.41, 5.74) is -0.768. The van der Waals surface area contributed by atoms with Gasteiger partial charge >= 0.3 is 6.18 Å². The fourth-order valence-corrected chi connectivity index (χ4v) is 3.28. The van der Waals surface area contributed by atoms with Crippen LogP contribution in [-0.2, 0) is 6.18 Å². The molecule has 0 radical (unpaired) electrons. The third kappa shape index (κ3) is 4.33. The van der Waals surface area contributed by atoms with E-state index in [0.717, 1.165) is 25.1 Å². The van der Waals surface area contributed by atoms with E-state index in [1.807, 2.05) is 0 Å². The lowest BCUT2D eigenvalue weighted by atomic mass is 9.79. The second-order valence-electron chi connectivity index (χ2n) is 7.07. The normalized spacial score (nSPS) is 22.0. The van der Waals surface area contributed by atoms with E-state index in [-0.39, 0.29) is 17.1 Å². The highest BCUT2D eigenvalue weighted by molar-refractivity contribution is 5.37. The SMILES string of the molecule is CC1(C)CC(Nc2ccc(C(F)(F)F)cn2)CC(C)(C)N1. The number of halogens is 3. The first-order chi connectivity index (χ1) is 9.47. The second kappa shape index (κ2) is 5.16. The molecule has 6 heteroatoms. The number of pyridine rings is 1. The standard InChI is InChI=1S/C15H22F3N3/c1-13(2)7-11(8-14(3,4)21-13)20-12-6-5-10(9-19-12)15(16,17)18/h5-6,9,11,21H,7-8H2,1-4H3,(H,19,20). The molecule has 1 aliphatic rings. The first-order valence-corrected chi connectivity index (χ1v) is 7.06. The van der Waals surface area contributed by atoms with E-state index in [1.165, 1.54) is 6.07 Å². The molecular formula is C15H22F3N3. The number of rotatable bonds is 2. The predicted octanol–water partition coefficient (Wildman–Crippen LogP) is 3.82. The van der Waals surface area contributed by atoms with Gasteiger partial charge in [0.25, 0.3) is 0 Å². The van der Waals surface area contributed by atoms with E-state index in [2.05, 4.69) is 43.3 Å². The van der Waals surface area contributed by atoms with Crippen LogP contribution >= 0.6 is 0 Å². The van der Waals surface area contributed by atoms with Crippen LogP contribution < -0.4 is 10.6 Å². The van der Waals surface area contributed by atoms with Gasteiger partial charge in [-0.2, -0.15) is 13.2 Å².